The van der Waals surface area contributed by atoms with Gasteiger partial charge in [-0.3, -0.25) is 9.52 Å². The van der Waals surface area contributed by atoms with Gasteiger partial charge in [-0.25, -0.2) is 8.42 Å². The number of aryl methyl sites for hydroxylation is 2. The van der Waals surface area contributed by atoms with Crippen LogP contribution < -0.4 is 10.0 Å². The minimum atomic E-state index is -3.74. The molecule has 0 fully saturated rings. The summed E-state index contributed by atoms with van der Waals surface area (Å²) < 4.78 is 27.9. The van der Waals surface area contributed by atoms with Gasteiger partial charge in [0.25, 0.3) is 15.9 Å². The van der Waals surface area contributed by atoms with Crippen LogP contribution in [-0.2, 0) is 10.0 Å². The van der Waals surface area contributed by atoms with Gasteiger partial charge < -0.3 is 5.32 Å². The number of nitrogens with one attached hydrogen (secondary N) is 2. The van der Waals surface area contributed by atoms with Gasteiger partial charge in [0, 0.05) is 5.56 Å². The first kappa shape index (κ1) is 21.6. The van der Waals surface area contributed by atoms with Gasteiger partial charge in [-0.1, -0.05) is 48.0 Å². The van der Waals surface area contributed by atoms with E-state index in [-0.39, 0.29) is 16.8 Å². The number of sulfonamides is 1. The molecule has 1 unspecified atom stereocenters. The molecule has 0 aliphatic rings. The van der Waals surface area contributed by atoms with E-state index in [2.05, 4.69) is 16.1 Å². The smallest absolute Gasteiger partial charge is 0.261 e. The van der Waals surface area contributed by atoms with Crippen LogP contribution in [0.3, 0.4) is 0 Å². The quantitative estimate of drug-likeness (QED) is 0.593. The van der Waals surface area contributed by atoms with Crippen molar-refractivity contribution in [2.45, 2.75) is 38.6 Å². The SMILES string of the molecule is Cc1ccc(C)c(C(C)NC(=O)c2cccc(NS(=O)(=O)c3ccccc3)c2C)c1. The Labute approximate surface area is 178 Å². The molecule has 30 heavy (non-hydrogen) atoms. The molecule has 6 heteroatoms. The van der Waals surface area contributed by atoms with E-state index >= 15 is 0 Å². The Kier molecular flexibility index (Phi) is 6.27. The van der Waals surface area contributed by atoms with E-state index in [9.17, 15) is 13.2 Å². The van der Waals surface area contributed by atoms with Crippen molar-refractivity contribution < 1.29 is 13.2 Å². The number of carbonyl (C=O) groups is 1. The highest BCUT2D eigenvalue weighted by Crippen LogP contribution is 2.24. The zero-order valence-electron chi connectivity index (χ0n) is 17.6. The van der Waals surface area contributed by atoms with Gasteiger partial charge >= 0.3 is 0 Å². The Morgan fingerprint density at radius 3 is 2.30 bits per heavy atom. The normalized spacial score (nSPS) is 12.3. The van der Waals surface area contributed by atoms with Gasteiger partial charge in [0.1, 0.15) is 0 Å². The summed E-state index contributed by atoms with van der Waals surface area (Å²) in [7, 11) is -3.74. The van der Waals surface area contributed by atoms with Crippen LogP contribution in [0, 0.1) is 20.8 Å². The third-order valence-corrected chi connectivity index (χ3v) is 6.51. The van der Waals surface area contributed by atoms with E-state index < -0.39 is 10.0 Å². The van der Waals surface area contributed by atoms with Crippen LogP contribution in [0.4, 0.5) is 5.69 Å². The molecule has 156 valence electrons. The average molecular weight is 423 g/mol. The fraction of sp³-hybridized carbons (Fsp3) is 0.208. The van der Waals surface area contributed by atoms with E-state index in [1.807, 2.05) is 32.9 Å². The molecule has 3 aromatic carbocycles. The summed E-state index contributed by atoms with van der Waals surface area (Å²) in [5.41, 5.74) is 4.68. The van der Waals surface area contributed by atoms with Crippen LogP contribution in [0.25, 0.3) is 0 Å². The lowest BCUT2D eigenvalue weighted by Crippen LogP contribution is -2.28. The van der Waals surface area contributed by atoms with Crippen LogP contribution in [-0.4, -0.2) is 14.3 Å². The molecule has 0 saturated heterocycles. The predicted octanol–water partition coefficient (Wildman–Crippen LogP) is 4.90. The summed E-state index contributed by atoms with van der Waals surface area (Å²) in [5.74, 6) is -0.248. The van der Waals surface area contributed by atoms with Crippen molar-refractivity contribution in [1.82, 2.24) is 5.32 Å². The van der Waals surface area contributed by atoms with E-state index in [0.717, 1.165) is 16.7 Å². The zero-order valence-corrected chi connectivity index (χ0v) is 18.4. The molecule has 1 atom stereocenters. The highest BCUT2D eigenvalue weighted by molar-refractivity contribution is 7.92. The number of hydrogen-bond donors (Lipinski definition) is 2. The van der Waals surface area contributed by atoms with Crippen molar-refractivity contribution >= 4 is 21.6 Å². The summed E-state index contributed by atoms with van der Waals surface area (Å²) in [6.45, 7) is 7.71. The molecule has 5 nitrogen and oxygen atoms in total. The standard InChI is InChI=1S/C24H26N2O3S/c1-16-13-14-17(2)22(15-16)19(4)25-24(27)21-11-8-12-23(18(21)3)26-30(28,29)20-9-6-5-7-10-20/h5-15,19,26H,1-4H3,(H,25,27). The van der Waals surface area contributed by atoms with Crippen LogP contribution in [0.15, 0.2) is 71.6 Å². The molecule has 3 rings (SSSR count). The number of rotatable bonds is 6. The molecule has 0 aromatic heterocycles. The van der Waals surface area contributed by atoms with E-state index in [0.29, 0.717) is 16.8 Å². The summed E-state index contributed by atoms with van der Waals surface area (Å²) in [6.07, 6.45) is 0. The molecule has 1 amide bonds. The molecule has 0 heterocycles. The van der Waals surface area contributed by atoms with Crippen molar-refractivity contribution in [2.24, 2.45) is 0 Å². The molecule has 0 bridgehead atoms. The topological polar surface area (TPSA) is 75.3 Å². The average Bonchev–Trinajstić information content (AvgIpc) is 2.71. The molecule has 0 radical (unpaired) electrons. The van der Waals surface area contributed by atoms with Crippen molar-refractivity contribution in [3.63, 3.8) is 0 Å². The molecular weight excluding hydrogens is 396 g/mol. The van der Waals surface area contributed by atoms with Gasteiger partial charge in [-0.2, -0.15) is 0 Å². The Morgan fingerprint density at radius 2 is 1.60 bits per heavy atom. The van der Waals surface area contributed by atoms with Crippen LogP contribution in [0.2, 0.25) is 0 Å². The van der Waals surface area contributed by atoms with E-state index in [4.69, 9.17) is 0 Å². The second kappa shape index (κ2) is 8.71. The number of carbonyl (C=O) groups excluding carboxylic acids is 1. The lowest BCUT2D eigenvalue weighted by atomic mass is 9.99. The molecular formula is C24H26N2O3S. The first-order chi connectivity index (χ1) is 14.2. The molecule has 3 aromatic rings. The number of anilines is 1. The lowest BCUT2D eigenvalue weighted by molar-refractivity contribution is 0.0939. The molecule has 2 N–H and O–H groups in total. The molecule has 0 spiro atoms. The van der Waals surface area contributed by atoms with E-state index in [1.54, 1.807) is 43.3 Å². The van der Waals surface area contributed by atoms with E-state index in [1.165, 1.54) is 12.1 Å². The van der Waals surface area contributed by atoms with Crippen LogP contribution in [0.5, 0.6) is 0 Å². The first-order valence-electron chi connectivity index (χ1n) is 9.74. The zero-order chi connectivity index (χ0) is 21.9. The predicted molar refractivity (Wildman–Crippen MR) is 120 cm³/mol. The van der Waals surface area contributed by atoms with Crippen molar-refractivity contribution in [2.75, 3.05) is 4.72 Å². The highest BCUT2D eigenvalue weighted by Gasteiger charge is 2.19. The van der Waals surface area contributed by atoms with Gasteiger partial charge in [0.05, 0.1) is 16.6 Å². The third kappa shape index (κ3) is 4.71. The van der Waals surface area contributed by atoms with Crippen molar-refractivity contribution in [3.05, 3.63) is 94.5 Å². The Bertz CT molecular complexity index is 1170. The van der Waals surface area contributed by atoms with Gasteiger partial charge in [0.2, 0.25) is 0 Å². The lowest BCUT2D eigenvalue weighted by Gasteiger charge is -2.19. The van der Waals surface area contributed by atoms with Crippen LogP contribution >= 0.6 is 0 Å². The highest BCUT2D eigenvalue weighted by atomic mass is 32.2. The summed E-state index contributed by atoms with van der Waals surface area (Å²) >= 11 is 0. The molecule has 0 aliphatic heterocycles. The molecule has 0 aliphatic carbocycles. The summed E-state index contributed by atoms with van der Waals surface area (Å²) in [5, 5.41) is 3.03. The number of amides is 1. The number of hydrogen-bond acceptors (Lipinski definition) is 3. The Hall–Kier alpha value is -3.12. The summed E-state index contributed by atoms with van der Waals surface area (Å²) in [6, 6.07) is 19.1. The maximum atomic E-state index is 12.9. The fourth-order valence-corrected chi connectivity index (χ4v) is 4.52. The molecule has 0 saturated carbocycles. The van der Waals surface area contributed by atoms with Crippen molar-refractivity contribution in [1.29, 1.82) is 0 Å². The largest absolute Gasteiger partial charge is 0.345 e. The van der Waals surface area contributed by atoms with Gasteiger partial charge in [-0.05, 0) is 68.7 Å². The summed E-state index contributed by atoms with van der Waals surface area (Å²) in [4.78, 5) is 13.1. The van der Waals surface area contributed by atoms with Crippen molar-refractivity contribution in [3.8, 4) is 0 Å². The Balaban J connectivity index is 1.84. The second-order valence-electron chi connectivity index (χ2n) is 7.45. The Morgan fingerprint density at radius 1 is 0.900 bits per heavy atom. The first-order valence-corrected chi connectivity index (χ1v) is 11.2. The van der Waals surface area contributed by atoms with Gasteiger partial charge in [0.15, 0.2) is 0 Å². The second-order valence-corrected chi connectivity index (χ2v) is 9.13. The third-order valence-electron chi connectivity index (χ3n) is 5.13. The minimum absolute atomic E-state index is 0.169. The van der Waals surface area contributed by atoms with Crippen LogP contribution in [0.1, 0.15) is 45.6 Å². The maximum absolute atomic E-state index is 12.9. The fourth-order valence-electron chi connectivity index (χ4n) is 3.37. The monoisotopic (exact) mass is 422 g/mol. The van der Waals surface area contributed by atoms with Gasteiger partial charge in [-0.15, -0.1) is 0 Å². The number of benzene rings is 3. The maximum Gasteiger partial charge on any atom is 0.261 e. The minimum Gasteiger partial charge on any atom is -0.345 e.